The van der Waals surface area contributed by atoms with Crippen molar-refractivity contribution in [2.75, 3.05) is 30.8 Å². The molecular weight excluding hydrogens is 484 g/mol. The minimum absolute atomic E-state index is 0.00476. The van der Waals surface area contributed by atoms with Gasteiger partial charge in [0.05, 0.1) is 21.6 Å². The topological polar surface area (TPSA) is 92.2 Å². The Labute approximate surface area is 219 Å². The van der Waals surface area contributed by atoms with Gasteiger partial charge in [0.1, 0.15) is 0 Å². The minimum atomic E-state index is -0.178. The van der Waals surface area contributed by atoms with Gasteiger partial charge in [-0.05, 0) is 61.1 Å². The summed E-state index contributed by atoms with van der Waals surface area (Å²) in [6, 6.07) is 14.0. The molecule has 8 nitrogen and oxygen atoms in total. The van der Waals surface area contributed by atoms with E-state index in [0.717, 1.165) is 59.5 Å². The highest BCUT2D eigenvalue weighted by Crippen LogP contribution is 2.55. The summed E-state index contributed by atoms with van der Waals surface area (Å²) in [5.41, 5.74) is 3.88. The smallest absolute Gasteiger partial charge is 0.268 e. The molecule has 2 fully saturated rings. The molecule has 2 amide bonds. The highest BCUT2D eigenvalue weighted by Gasteiger charge is 2.50. The second-order valence-electron chi connectivity index (χ2n) is 9.90. The number of rotatable bonds is 6. The third-order valence-corrected chi connectivity index (χ3v) is 8.72. The van der Waals surface area contributed by atoms with Gasteiger partial charge in [-0.3, -0.25) is 19.9 Å². The van der Waals surface area contributed by atoms with Gasteiger partial charge in [0.2, 0.25) is 11.9 Å². The lowest BCUT2D eigenvalue weighted by atomic mass is 9.65. The molecule has 1 aliphatic carbocycles. The van der Waals surface area contributed by atoms with Crippen LogP contribution in [0.1, 0.15) is 35.0 Å². The quantitative estimate of drug-likeness (QED) is 0.347. The van der Waals surface area contributed by atoms with Gasteiger partial charge in [0.15, 0.2) is 0 Å². The SMILES string of the molecule is C=CC(=O)N1CCC2(CC(n3c(NC(=O)c4ccc(-c5cncc(NC)c5)s4)nc4ccccc43)C2)C1. The van der Waals surface area contributed by atoms with E-state index in [9.17, 15) is 9.59 Å². The van der Waals surface area contributed by atoms with Crippen molar-refractivity contribution >= 4 is 45.8 Å². The molecule has 6 rings (SSSR count). The number of anilines is 2. The highest BCUT2D eigenvalue weighted by molar-refractivity contribution is 7.17. The lowest BCUT2D eigenvalue weighted by Crippen LogP contribution is -2.42. The van der Waals surface area contributed by atoms with Crippen molar-refractivity contribution in [1.29, 1.82) is 0 Å². The molecule has 0 bridgehead atoms. The number of likely N-dealkylation sites (tertiary alicyclic amines) is 1. The van der Waals surface area contributed by atoms with E-state index in [1.165, 1.54) is 17.4 Å². The van der Waals surface area contributed by atoms with Crippen LogP contribution >= 0.6 is 11.3 Å². The first kappa shape index (κ1) is 23.4. The van der Waals surface area contributed by atoms with E-state index in [1.54, 1.807) is 12.4 Å². The molecule has 1 saturated heterocycles. The molecule has 37 heavy (non-hydrogen) atoms. The van der Waals surface area contributed by atoms with Crippen LogP contribution in [0.15, 0.2) is 67.5 Å². The Morgan fingerprint density at radius 3 is 2.84 bits per heavy atom. The van der Waals surface area contributed by atoms with Crippen LogP contribution in [0.25, 0.3) is 21.5 Å². The lowest BCUT2D eigenvalue weighted by Gasteiger charge is -2.46. The molecule has 2 aliphatic rings. The van der Waals surface area contributed by atoms with Crippen molar-refractivity contribution in [3.63, 3.8) is 0 Å². The Morgan fingerprint density at radius 1 is 1.19 bits per heavy atom. The molecule has 3 aromatic heterocycles. The molecule has 0 unspecified atom stereocenters. The molecule has 1 aliphatic heterocycles. The number of amides is 2. The van der Waals surface area contributed by atoms with Crippen LogP contribution in [0.3, 0.4) is 0 Å². The number of aromatic nitrogens is 3. The van der Waals surface area contributed by atoms with E-state index in [-0.39, 0.29) is 23.3 Å². The van der Waals surface area contributed by atoms with E-state index < -0.39 is 0 Å². The fourth-order valence-electron chi connectivity index (χ4n) is 5.70. The van der Waals surface area contributed by atoms with Crippen LogP contribution < -0.4 is 10.6 Å². The lowest BCUT2D eigenvalue weighted by molar-refractivity contribution is -0.125. The normalized spacial score (nSPS) is 20.7. The van der Waals surface area contributed by atoms with Crippen molar-refractivity contribution in [1.82, 2.24) is 19.4 Å². The summed E-state index contributed by atoms with van der Waals surface area (Å²) in [7, 11) is 1.85. The largest absolute Gasteiger partial charge is 0.387 e. The summed E-state index contributed by atoms with van der Waals surface area (Å²) in [5.74, 6) is 0.394. The monoisotopic (exact) mass is 512 g/mol. The standard InChI is InChI=1S/C28H28N6O2S/c1-3-25(35)33-11-10-28(17-33)13-20(14-28)34-22-7-5-4-6-21(22)31-27(34)32-26(36)24-9-8-23(37-24)18-12-19(29-2)16-30-15-18/h3-9,12,15-16,20,29H,1,10-11,13-14,17H2,2H3,(H,31,32,36). The number of carbonyl (C=O) groups is 2. The predicted octanol–water partition coefficient (Wildman–Crippen LogP) is 5.19. The molecule has 0 atom stereocenters. The summed E-state index contributed by atoms with van der Waals surface area (Å²) < 4.78 is 2.17. The van der Waals surface area contributed by atoms with Crippen molar-refractivity contribution in [2.45, 2.75) is 25.3 Å². The van der Waals surface area contributed by atoms with E-state index >= 15 is 0 Å². The number of nitrogens with one attached hydrogen (secondary N) is 2. The third kappa shape index (κ3) is 4.19. The minimum Gasteiger partial charge on any atom is -0.387 e. The van der Waals surface area contributed by atoms with Crippen LogP contribution in [0.2, 0.25) is 0 Å². The number of pyridine rings is 1. The first-order chi connectivity index (χ1) is 18.0. The first-order valence-electron chi connectivity index (χ1n) is 12.4. The highest BCUT2D eigenvalue weighted by atomic mass is 32.1. The fraction of sp³-hybridized carbons (Fsp3) is 0.286. The van der Waals surface area contributed by atoms with Gasteiger partial charge < -0.3 is 14.8 Å². The van der Waals surface area contributed by atoms with Crippen LogP contribution in [-0.4, -0.2) is 51.4 Å². The number of benzene rings is 1. The number of imidazole rings is 1. The summed E-state index contributed by atoms with van der Waals surface area (Å²) in [5, 5.41) is 6.18. The maximum atomic E-state index is 13.3. The summed E-state index contributed by atoms with van der Waals surface area (Å²) in [4.78, 5) is 38.0. The van der Waals surface area contributed by atoms with Gasteiger partial charge in [0, 0.05) is 49.0 Å². The Hall–Kier alpha value is -3.98. The number of carbonyl (C=O) groups excluding carboxylic acids is 2. The molecule has 9 heteroatoms. The summed E-state index contributed by atoms with van der Waals surface area (Å²) >= 11 is 1.43. The average molecular weight is 513 g/mol. The maximum absolute atomic E-state index is 13.3. The first-order valence-corrected chi connectivity index (χ1v) is 13.2. The van der Waals surface area contributed by atoms with Gasteiger partial charge in [-0.1, -0.05) is 18.7 Å². The van der Waals surface area contributed by atoms with Crippen molar-refractivity contribution in [3.05, 3.63) is 72.4 Å². The van der Waals surface area contributed by atoms with Crippen LogP contribution in [0.4, 0.5) is 11.6 Å². The third-order valence-electron chi connectivity index (χ3n) is 7.59. The molecule has 4 aromatic rings. The zero-order valence-electron chi connectivity index (χ0n) is 20.6. The van der Waals surface area contributed by atoms with Crippen molar-refractivity contribution < 1.29 is 9.59 Å². The average Bonchev–Trinajstić information content (AvgIpc) is 3.64. The molecule has 1 spiro atoms. The molecule has 188 valence electrons. The fourth-order valence-corrected chi connectivity index (χ4v) is 6.58. The van der Waals surface area contributed by atoms with Crippen molar-refractivity contribution in [3.8, 4) is 10.4 Å². The number of hydrogen-bond acceptors (Lipinski definition) is 6. The van der Waals surface area contributed by atoms with Crippen molar-refractivity contribution in [2.24, 2.45) is 5.41 Å². The van der Waals surface area contributed by atoms with Gasteiger partial charge in [-0.15, -0.1) is 11.3 Å². The van der Waals surface area contributed by atoms with Gasteiger partial charge in [0.25, 0.3) is 5.91 Å². The summed E-state index contributed by atoms with van der Waals surface area (Å²) in [6.07, 6.45) is 7.87. The second kappa shape index (κ2) is 9.15. The number of hydrogen-bond donors (Lipinski definition) is 2. The number of nitrogens with zero attached hydrogens (tertiary/aromatic N) is 4. The van der Waals surface area contributed by atoms with E-state index in [1.807, 2.05) is 48.3 Å². The molecular formula is C28H28N6O2S. The number of fused-ring (bicyclic) bond motifs is 1. The van der Waals surface area contributed by atoms with Gasteiger partial charge in [-0.25, -0.2) is 4.98 Å². The molecule has 1 saturated carbocycles. The van der Waals surface area contributed by atoms with Crippen LogP contribution in [0, 0.1) is 5.41 Å². The number of para-hydroxylation sites is 2. The van der Waals surface area contributed by atoms with Gasteiger partial charge >= 0.3 is 0 Å². The maximum Gasteiger partial charge on any atom is 0.268 e. The van der Waals surface area contributed by atoms with Gasteiger partial charge in [-0.2, -0.15) is 0 Å². The Morgan fingerprint density at radius 2 is 2.03 bits per heavy atom. The Kier molecular flexibility index (Phi) is 5.79. The van der Waals surface area contributed by atoms with E-state index in [4.69, 9.17) is 4.98 Å². The summed E-state index contributed by atoms with van der Waals surface area (Å²) in [6.45, 7) is 5.17. The zero-order chi connectivity index (χ0) is 25.6. The Balaban J connectivity index is 1.23. The van der Waals surface area contributed by atoms with Crippen LogP contribution in [0.5, 0.6) is 0 Å². The van der Waals surface area contributed by atoms with E-state index in [0.29, 0.717) is 10.8 Å². The molecule has 2 N–H and O–H groups in total. The second-order valence-corrected chi connectivity index (χ2v) is 11.0. The van der Waals surface area contributed by atoms with E-state index in [2.05, 4.69) is 32.8 Å². The number of thiophene rings is 1. The molecule has 4 heterocycles. The molecule has 0 radical (unpaired) electrons. The molecule has 1 aromatic carbocycles. The van der Waals surface area contributed by atoms with Crippen LogP contribution in [-0.2, 0) is 4.79 Å². The Bertz CT molecular complexity index is 1520. The zero-order valence-corrected chi connectivity index (χ0v) is 21.4. The predicted molar refractivity (Wildman–Crippen MR) is 147 cm³/mol.